The van der Waals surface area contributed by atoms with E-state index in [0.29, 0.717) is 0 Å². The topological polar surface area (TPSA) is 93.0 Å². The van der Waals surface area contributed by atoms with Crippen LogP contribution in [-0.2, 0) is 15.6 Å². The molecule has 0 fully saturated rings. The fourth-order valence-electron chi connectivity index (χ4n) is 3.01. The van der Waals surface area contributed by atoms with Crippen molar-refractivity contribution < 1.29 is 17.2 Å². The van der Waals surface area contributed by atoms with E-state index >= 15 is 0 Å². The van der Waals surface area contributed by atoms with E-state index in [4.69, 9.17) is 23.9 Å². The zero-order valence-electron chi connectivity index (χ0n) is 15.9. The third-order valence-electron chi connectivity index (χ3n) is 4.61. The zero-order valence-corrected chi connectivity index (χ0v) is 17.5. The van der Waals surface area contributed by atoms with Crippen LogP contribution in [0.4, 0.5) is 14.5 Å². The van der Waals surface area contributed by atoms with Gasteiger partial charge in [0.05, 0.1) is 17.3 Å². The summed E-state index contributed by atoms with van der Waals surface area (Å²) in [6, 6.07) is 4.99. The van der Waals surface area contributed by atoms with E-state index in [1.54, 1.807) is 0 Å². The van der Waals surface area contributed by atoms with E-state index in [9.17, 15) is 17.2 Å². The Hall–Kier alpha value is -3.03. The number of pyridine rings is 1. The first-order valence-corrected chi connectivity index (χ1v) is 10.5. The zero-order chi connectivity index (χ0) is 22.3. The van der Waals surface area contributed by atoms with Crippen LogP contribution in [0.15, 0.2) is 35.5 Å². The Bertz CT molecular complexity index is 1240. The molecule has 0 unspecified atom stereocenters. The lowest BCUT2D eigenvalue weighted by atomic mass is 9.92. The van der Waals surface area contributed by atoms with Crippen molar-refractivity contribution in [3.8, 4) is 0 Å². The molecule has 1 aliphatic heterocycles. The predicted octanol–water partition coefficient (Wildman–Crippen LogP) is 3.70. The molecule has 0 radical (unpaired) electrons. The van der Waals surface area contributed by atoms with Crippen molar-refractivity contribution in [2.24, 2.45) is 10.7 Å². The molecule has 1 aromatic carbocycles. The van der Waals surface area contributed by atoms with Crippen molar-refractivity contribution >= 4 is 45.2 Å². The molecule has 1 atom stereocenters. The Morgan fingerprint density at radius 1 is 1.43 bits per heavy atom. The van der Waals surface area contributed by atoms with E-state index in [-0.39, 0.29) is 33.5 Å². The monoisotopic (exact) mass is 451 g/mol. The van der Waals surface area contributed by atoms with Crippen molar-refractivity contribution in [2.75, 3.05) is 12.8 Å². The minimum atomic E-state index is -3.80. The molecule has 156 valence electrons. The van der Waals surface area contributed by atoms with Gasteiger partial charge in [-0.1, -0.05) is 17.7 Å². The number of nitrogens with two attached hydrogens (primary N) is 1. The highest BCUT2D eigenvalue weighted by molar-refractivity contribution is 7.89. The smallest absolute Gasteiger partial charge is 0.239 e. The van der Waals surface area contributed by atoms with Crippen LogP contribution >= 0.6 is 11.6 Å². The van der Waals surface area contributed by atoms with Crippen LogP contribution in [0.2, 0.25) is 5.02 Å². The van der Waals surface area contributed by atoms with E-state index < -0.39 is 33.0 Å². The van der Waals surface area contributed by atoms with Crippen LogP contribution < -0.4 is 5.73 Å². The maximum Gasteiger partial charge on any atom is 0.239 e. The lowest BCUT2D eigenvalue weighted by Gasteiger charge is -2.34. The van der Waals surface area contributed by atoms with Gasteiger partial charge in [0.25, 0.3) is 0 Å². The minimum Gasteiger partial charge on any atom is -0.369 e. The molecule has 1 aromatic heterocycles. The molecular formula is C19H16ClF2N5O2S. The van der Waals surface area contributed by atoms with Crippen molar-refractivity contribution in [1.29, 1.82) is 0 Å². The van der Waals surface area contributed by atoms with Crippen LogP contribution in [0.25, 0.3) is 16.7 Å². The van der Waals surface area contributed by atoms with Crippen molar-refractivity contribution in [3.63, 3.8) is 0 Å². The standard InChI is InChI=1S/C19H16ClF2N5O2S/c1-19(10-30(28,29)27(3)18(23)26-19)13-6-11(4-5-15(13)21)7-16(22)17-14(20)8-12(24-2)9-25-17/h4-9H,10H2,1,3H3,(H2,23,26)/b16-7-/t19-/m0/s1. The van der Waals surface area contributed by atoms with Crippen molar-refractivity contribution in [1.82, 2.24) is 9.29 Å². The van der Waals surface area contributed by atoms with Crippen molar-refractivity contribution in [3.05, 3.63) is 69.5 Å². The molecule has 0 bridgehead atoms. The molecule has 3 rings (SSSR count). The maximum atomic E-state index is 14.7. The van der Waals surface area contributed by atoms with Crippen LogP contribution in [0.1, 0.15) is 23.7 Å². The van der Waals surface area contributed by atoms with Crippen molar-refractivity contribution in [2.45, 2.75) is 12.5 Å². The quantitative estimate of drug-likeness (QED) is 0.720. The molecule has 7 nitrogen and oxygen atoms in total. The third-order valence-corrected chi connectivity index (χ3v) is 6.85. The van der Waals surface area contributed by atoms with Gasteiger partial charge in [-0.15, -0.1) is 0 Å². The van der Waals surface area contributed by atoms with E-state index in [2.05, 4.69) is 14.8 Å². The Balaban J connectivity index is 2.06. The maximum absolute atomic E-state index is 14.7. The van der Waals surface area contributed by atoms with Gasteiger partial charge in [-0.25, -0.2) is 31.3 Å². The van der Waals surface area contributed by atoms with Crippen LogP contribution in [-0.4, -0.2) is 36.5 Å². The Labute approximate surface area is 177 Å². The lowest BCUT2D eigenvalue weighted by molar-refractivity contribution is 0.458. The summed E-state index contributed by atoms with van der Waals surface area (Å²) in [7, 11) is -2.55. The summed E-state index contributed by atoms with van der Waals surface area (Å²) in [5, 5.41) is -0.0506. The van der Waals surface area contributed by atoms with Crippen LogP contribution in [0.3, 0.4) is 0 Å². The highest BCUT2D eigenvalue weighted by Crippen LogP contribution is 2.35. The van der Waals surface area contributed by atoms with E-state index in [1.165, 1.54) is 38.4 Å². The highest BCUT2D eigenvalue weighted by Gasteiger charge is 2.41. The molecule has 0 saturated heterocycles. The number of hydrogen-bond acceptors (Lipinski definition) is 5. The number of aromatic nitrogens is 1. The average molecular weight is 452 g/mol. The number of rotatable bonds is 3. The summed E-state index contributed by atoms with van der Waals surface area (Å²) >= 11 is 5.98. The van der Waals surface area contributed by atoms with Crippen LogP contribution in [0.5, 0.6) is 0 Å². The van der Waals surface area contributed by atoms with Gasteiger partial charge in [0.2, 0.25) is 21.7 Å². The number of hydrogen-bond donors (Lipinski definition) is 1. The summed E-state index contributed by atoms with van der Waals surface area (Å²) in [5.41, 5.74) is 4.39. The fraction of sp³-hybridized carbons (Fsp3) is 0.211. The van der Waals surface area contributed by atoms with Gasteiger partial charge in [-0.05, 0) is 36.8 Å². The van der Waals surface area contributed by atoms with Gasteiger partial charge < -0.3 is 5.73 Å². The second-order valence-electron chi connectivity index (χ2n) is 6.83. The summed E-state index contributed by atoms with van der Waals surface area (Å²) in [5.74, 6) is -2.29. The molecule has 2 heterocycles. The number of nitrogens with zero attached hydrogens (tertiary/aromatic N) is 4. The van der Waals surface area contributed by atoms with Gasteiger partial charge in [0.1, 0.15) is 17.1 Å². The molecular weight excluding hydrogens is 436 g/mol. The van der Waals surface area contributed by atoms with Crippen LogP contribution in [0, 0.1) is 12.4 Å². The normalized spacial score (nSPS) is 21.1. The Kier molecular flexibility index (Phi) is 5.54. The molecule has 0 spiro atoms. The van der Waals surface area contributed by atoms with Gasteiger partial charge >= 0.3 is 0 Å². The number of benzene rings is 1. The molecule has 30 heavy (non-hydrogen) atoms. The number of guanidine groups is 1. The van der Waals surface area contributed by atoms with E-state index in [1.807, 2.05) is 0 Å². The highest BCUT2D eigenvalue weighted by atomic mass is 35.5. The largest absolute Gasteiger partial charge is 0.369 e. The summed E-state index contributed by atoms with van der Waals surface area (Å²) in [6.07, 6.45) is 2.26. The molecule has 1 aliphatic rings. The van der Waals surface area contributed by atoms with Gasteiger partial charge in [-0.3, -0.25) is 4.98 Å². The van der Waals surface area contributed by atoms with Gasteiger partial charge in [0.15, 0.2) is 5.83 Å². The SMILES string of the molecule is [C-]#[N+]c1cnc(/C(F)=C/c2ccc(F)c([C@]3(C)CS(=O)(=O)N(C)C(N)=N3)c2)c(Cl)c1. The van der Waals surface area contributed by atoms with Gasteiger partial charge in [0, 0.05) is 18.8 Å². The molecule has 2 aromatic rings. The number of halogens is 3. The predicted molar refractivity (Wildman–Crippen MR) is 111 cm³/mol. The lowest BCUT2D eigenvalue weighted by Crippen LogP contribution is -2.50. The summed E-state index contributed by atoms with van der Waals surface area (Å²) in [4.78, 5) is 11.2. The molecule has 0 aliphatic carbocycles. The molecule has 2 N–H and O–H groups in total. The molecule has 11 heteroatoms. The number of aliphatic imine (C=N–C) groups is 1. The second-order valence-corrected chi connectivity index (χ2v) is 9.24. The fourth-order valence-corrected chi connectivity index (χ4v) is 4.71. The number of sulfonamides is 1. The first-order valence-electron chi connectivity index (χ1n) is 8.49. The summed E-state index contributed by atoms with van der Waals surface area (Å²) in [6.45, 7) is 8.37. The third kappa shape index (κ3) is 3.99. The average Bonchev–Trinajstić information content (AvgIpc) is 2.66. The molecule has 0 saturated carbocycles. The van der Waals surface area contributed by atoms with Gasteiger partial charge in [-0.2, -0.15) is 0 Å². The second kappa shape index (κ2) is 7.66. The Morgan fingerprint density at radius 2 is 2.13 bits per heavy atom. The first kappa shape index (κ1) is 21.7. The Morgan fingerprint density at radius 3 is 2.73 bits per heavy atom. The molecule has 0 amide bonds. The first-order chi connectivity index (χ1) is 14.0. The summed E-state index contributed by atoms with van der Waals surface area (Å²) < 4.78 is 54.8. The minimum absolute atomic E-state index is 0.0499. The van der Waals surface area contributed by atoms with E-state index in [0.717, 1.165) is 16.4 Å².